The fraction of sp³-hybridized carbons (Fsp3) is 0.667. The van der Waals surface area contributed by atoms with Crippen molar-refractivity contribution in [2.24, 2.45) is 17.3 Å². The van der Waals surface area contributed by atoms with Crippen LogP contribution in [0.5, 0.6) is 0 Å². The number of hydrogen-bond acceptors (Lipinski definition) is 3. The molecule has 4 heteroatoms. The Morgan fingerprint density at radius 3 is 2.50 bits per heavy atom. The molecule has 0 aromatic carbocycles. The Kier molecular flexibility index (Phi) is 7.66. The Morgan fingerprint density at radius 2 is 1.85 bits per heavy atom. The van der Waals surface area contributed by atoms with E-state index >= 15 is 0 Å². The van der Waals surface area contributed by atoms with Crippen molar-refractivity contribution < 1.29 is 13.5 Å². The number of allylic oxidation sites excluding steroid dienone is 7. The Bertz CT molecular complexity index is 1030. The molecule has 3 rings (SSSR count). The number of hydrogen-bond donors (Lipinski definition) is 1. The van der Waals surface area contributed by atoms with Crippen molar-refractivity contribution in [3.63, 3.8) is 0 Å². The minimum atomic E-state index is -3.32. The molecule has 0 spiro atoms. The Morgan fingerprint density at radius 1 is 1.18 bits per heavy atom. The van der Waals surface area contributed by atoms with Crippen molar-refractivity contribution in [2.45, 2.75) is 109 Å². The van der Waals surface area contributed by atoms with E-state index in [9.17, 15) is 13.5 Å². The third kappa shape index (κ3) is 5.09. The van der Waals surface area contributed by atoms with Crippen molar-refractivity contribution in [2.75, 3.05) is 0 Å². The van der Waals surface area contributed by atoms with Gasteiger partial charge in [0.2, 0.25) is 0 Å². The van der Waals surface area contributed by atoms with E-state index in [0.717, 1.165) is 31.3 Å². The van der Waals surface area contributed by atoms with Crippen LogP contribution in [-0.4, -0.2) is 29.1 Å². The average Bonchev–Trinajstić information content (AvgIpc) is 3.09. The van der Waals surface area contributed by atoms with E-state index in [-0.39, 0.29) is 17.4 Å². The minimum Gasteiger partial charge on any atom is -0.393 e. The lowest BCUT2D eigenvalue weighted by Crippen LogP contribution is -2.42. The fourth-order valence-electron chi connectivity index (χ4n) is 6.31. The molecule has 3 nitrogen and oxygen atoms in total. The largest absolute Gasteiger partial charge is 0.393 e. The van der Waals surface area contributed by atoms with Crippen molar-refractivity contribution in [3.8, 4) is 0 Å². The summed E-state index contributed by atoms with van der Waals surface area (Å²) in [4.78, 5) is 0. The number of rotatable bonds is 5. The van der Waals surface area contributed by atoms with Crippen molar-refractivity contribution in [1.82, 2.24) is 0 Å². The lowest BCUT2D eigenvalue weighted by molar-refractivity contribution is 0.158. The zero-order chi connectivity index (χ0) is 25.5. The molecule has 34 heavy (non-hydrogen) atoms. The van der Waals surface area contributed by atoms with E-state index in [1.54, 1.807) is 20.8 Å². The molecule has 4 unspecified atom stereocenters. The van der Waals surface area contributed by atoms with Crippen LogP contribution in [0.15, 0.2) is 59.3 Å². The van der Waals surface area contributed by atoms with Gasteiger partial charge >= 0.3 is 0 Å². The van der Waals surface area contributed by atoms with Crippen molar-refractivity contribution in [1.29, 1.82) is 0 Å². The predicted octanol–water partition coefficient (Wildman–Crippen LogP) is 7.26. The Hall–Kier alpha value is -1.39. The first-order valence-corrected chi connectivity index (χ1v) is 14.5. The maximum atomic E-state index is 13.1. The first kappa shape index (κ1) is 27.2. The highest BCUT2D eigenvalue weighted by molar-refractivity contribution is 7.94. The molecule has 0 heterocycles. The quantitative estimate of drug-likeness (QED) is 0.416. The molecule has 2 fully saturated rings. The zero-order valence-corrected chi connectivity index (χ0v) is 23.3. The second kappa shape index (κ2) is 9.58. The zero-order valence-electron chi connectivity index (χ0n) is 22.4. The summed E-state index contributed by atoms with van der Waals surface area (Å²) in [5, 5.41) is 10.1. The van der Waals surface area contributed by atoms with Gasteiger partial charge in [0.1, 0.15) is 0 Å². The molecule has 2 saturated carbocycles. The van der Waals surface area contributed by atoms with E-state index in [1.807, 2.05) is 19.9 Å². The van der Waals surface area contributed by atoms with Gasteiger partial charge in [0, 0.05) is 0 Å². The highest BCUT2D eigenvalue weighted by Crippen LogP contribution is 2.56. The average molecular weight is 487 g/mol. The molecular formula is C30H46O3S. The summed E-state index contributed by atoms with van der Waals surface area (Å²) < 4.78 is 24.5. The molecule has 0 aromatic heterocycles. The van der Waals surface area contributed by atoms with Crippen LogP contribution >= 0.6 is 0 Å². The van der Waals surface area contributed by atoms with E-state index in [0.29, 0.717) is 12.3 Å². The molecule has 0 bridgehead atoms. The minimum absolute atomic E-state index is 0.114. The van der Waals surface area contributed by atoms with Gasteiger partial charge in [-0.1, -0.05) is 67.5 Å². The molecular weight excluding hydrogens is 440 g/mol. The van der Waals surface area contributed by atoms with Crippen LogP contribution in [0.25, 0.3) is 0 Å². The van der Waals surface area contributed by atoms with Crippen LogP contribution < -0.4 is 0 Å². The van der Waals surface area contributed by atoms with Crippen LogP contribution in [0.2, 0.25) is 0 Å². The Labute approximate surface area is 208 Å². The first-order valence-electron chi connectivity index (χ1n) is 13.0. The molecule has 0 saturated heterocycles. The third-order valence-corrected chi connectivity index (χ3v) is 11.7. The first-order chi connectivity index (χ1) is 15.6. The molecule has 0 radical (unpaired) electrons. The highest BCUT2D eigenvalue weighted by Gasteiger charge is 2.46. The van der Waals surface area contributed by atoms with Gasteiger partial charge in [-0.2, -0.15) is 0 Å². The fourth-order valence-corrected chi connectivity index (χ4v) is 8.15. The Balaban J connectivity index is 1.80. The van der Waals surface area contributed by atoms with E-state index in [2.05, 4.69) is 44.7 Å². The molecule has 0 aromatic rings. The summed E-state index contributed by atoms with van der Waals surface area (Å²) in [6.45, 7) is 17.8. The summed E-state index contributed by atoms with van der Waals surface area (Å²) in [6.07, 6.45) is 17.7. The standard InChI is InChI=1S/C30H46O3S/c1-21-11-14-25(31)20-24(21)13-12-23-10-9-18-30(8)26(15-16-27(23)30)22(2)17-19-29(6,7)34(32,33)28(3,4)5/h12-13,15,17,19,22,25,27,31H,1,9-11,14,16,18,20H2,2-8H3. The van der Waals surface area contributed by atoms with Gasteiger partial charge in [-0.05, 0) is 102 Å². The van der Waals surface area contributed by atoms with Crippen LogP contribution in [0.3, 0.4) is 0 Å². The lowest BCUT2D eigenvalue weighted by Gasteiger charge is -2.42. The SMILES string of the molecule is C=C1CCC(O)CC1=CC=C1CCCC2(C)C(C(C)C=CC(C)(C)S(=O)(=O)C(C)(C)C)=CCC12. The maximum Gasteiger partial charge on any atom is 0.163 e. The molecule has 0 amide bonds. The predicted molar refractivity (Wildman–Crippen MR) is 144 cm³/mol. The van der Waals surface area contributed by atoms with Gasteiger partial charge in [-0.3, -0.25) is 0 Å². The molecule has 190 valence electrons. The molecule has 3 aliphatic carbocycles. The van der Waals surface area contributed by atoms with Gasteiger partial charge in [-0.25, -0.2) is 8.42 Å². The van der Waals surface area contributed by atoms with Gasteiger partial charge in [0.25, 0.3) is 0 Å². The monoisotopic (exact) mass is 486 g/mol. The summed E-state index contributed by atoms with van der Waals surface area (Å²) in [6, 6.07) is 0. The molecule has 0 aliphatic heterocycles. The van der Waals surface area contributed by atoms with E-state index < -0.39 is 19.3 Å². The van der Waals surface area contributed by atoms with Gasteiger partial charge in [0.15, 0.2) is 9.84 Å². The number of fused-ring (bicyclic) bond motifs is 1. The van der Waals surface area contributed by atoms with Crippen LogP contribution in [-0.2, 0) is 9.84 Å². The number of aliphatic hydroxyl groups excluding tert-OH is 1. The summed E-state index contributed by atoms with van der Waals surface area (Å²) >= 11 is 0. The van der Waals surface area contributed by atoms with Crippen molar-refractivity contribution in [3.05, 3.63) is 59.3 Å². The van der Waals surface area contributed by atoms with Gasteiger partial charge < -0.3 is 5.11 Å². The summed E-state index contributed by atoms with van der Waals surface area (Å²) in [5.74, 6) is 0.701. The van der Waals surface area contributed by atoms with Crippen LogP contribution in [0.4, 0.5) is 0 Å². The van der Waals surface area contributed by atoms with E-state index in [1.165, 1.54) is 29.6 Å². The molecule has 4 atom stereocenters. The van der Waals surface area contributed by atoms with Gasteiger partial charge in [-0.15, -0.1) is 0 Å². The molecule has 1 N–H and O–H groups in total. The smallest absolute Gasteiger partial charge is 0.163 e. The highest BCUT2D eigenvalue weighted by atomic mass is 32.2. The van der Waals surface area contributed by atoms with Crippen LogP contribution in [0, 0.1) is 17.3 Å². The third-order valence-electron chi connectivity index (χ3n) is 8.57. The number of sulfone groups is 1. The van der Waals surface area contributed by atoms with Gasteiger partial charge in [0.05, 0.1) is 15.6 Å². The van der Waals surface area contributed by atoms with Crippen LogP contribution in [0.1, 0.15) is 93.4 Å². The molecule has 3 aliphatic rings. The summed E-state index contributed by atoms with van der Waals surface area (Å²) in [7, 11) is -3.32. The normalized spacial score (nSPS) is 32.4. The topological polar surface area (TPSA) is 54.4 Å². The second-order valence-electron chi connectivity index (χ2n) is 12.5. The second-order valence-corrected chi connectivity index (χ2v) is 15.8. The maximum absolute atomic E-state index is 13.1. The summed E-state index contributed by atoms with van der Waals surface area (Å²) in [5.41, 5.74) is 5.43. The van der Waals surface area contributed by atoms with E-state index in [4.69, 9.17) is 0 Å². The van der Waals surface area contributed by atoms with Crippen molar-refractivity contribution >= 4 is 9.84 Å². The number of aliphatic hydroxyl groups is 1. The lowest BCUT2D eigenvalue weighted by atomic mass is 9.62.